The lowest BCUT2D eigenvalue weighted by Gasteiger charge is -2.43. The SMILES string of the molecule is O=c1c2c(ccn1C1CCN3CCCC1C3)oc1ccccc12. The van der Waals surface area contributed by atoms with E-state index in [1.54, 1.807) is 0 Å². The quantitative estimate of drug-likeness (QED) is 0.691. The lowest BCUT2D eigenvalue weighted by atomic mass is 9.84. The van der Waals surface area contributed by atoms with Crippen LogP contribution in [0.25, 0.3) is 21.9 Å². The van der Waals surface area contributed by atoms with Gasteiger partial charge < -0.3 is 13.9 Å². The van der Waals surface area contributed by atoms with Crippen molar-refractivity contribution in [3.05, 3.63) is 46.9 Å². The zero-order valence-corrected chi connectivity index (χ0v) is 13.1. The molecule has 118 valence electrons. The fourth-order valence-corrected chi connectivity index (χ4v) is 4.53. The van der Waals surface area contributed by atoms with E-state index in [4.69, 9.17) is 4.42 Å². The van der Waals surface area contributed by atoms with Gasteiger partial charge in [0.1, 0.15) is 11.2 Å². The Bertz CT molecular complexity index is 939. The third kappa shape index (κ3) is 1.98. The number of piperidine rings is 2. The molecule has 4 heterocycles. The first kappa shape index (κ1) is 13.4. The summed E-state index contributed by atoms with van der Waals surface area (Å²) in [6.07, 6.45) is 5.51. The number of hydrogen-bond donors (Lipinski definition) is 0. The molecule has 2 bridgehead atoms. The summed E-state index contributed by atoms with van der Waals surface area (Å²) in [4.78, 5) is 15.7. The van der Waals surface area contributed by atoms with Crippen LogP contribution in [0.1, 0.15) is 25.3 Å². The highest BCUT2D eigenvalue weighted by Crippen LogP contribution is 2.35. The van der Waals surface area contributed by atoms with Crippen LogP contribution < -0.4 is 5.56 Å². The standard InChI is InChI=1S/C19H20N2O2/c22-19-18-14-5-1-2-6-16(14)23-17(18)8-11-21(19)15-7-10-20-9-3-4-13(15)12-20/h1-2,5-6,8,11,13,15H,3-4,7,9-10,12H2. The van der Waals surface area contributed by atoms with Crippen LogP contribution in [0.5, 0.6) is 0 Å². The van der Waals surface area contributed by atoms with E-state index in [1.165, 1.54) is 19.4 Å². The van der Waals surface area contributed by atoms with Crippen LogP contribution in [-0.4, -0.2) is 29.1 Å². The average molecular weight is 308 g/mol. The molecule has 2 aliphatic heterocycles. The number of aromatic nitrogens is 1. The molecule has 1 aromatic carbocycles. The molecule has 0 spiro atoms. The third-order valence-corrected chi connectivity index (χ3v) is 5.64. The molecule has 2 aliphatic rings. The van der Waals surface area contributed by atoms with Crippen molar-refractivity contribution in [3.8, 4) is 0 Å². The smallest absolute Gasteiger partial charge is 0.262 e. The Morgan fingerprint density at radius 1 is 1.04 bits per heavy atom. The highest BCUT2D eigenvalue weighted by atomic mass is 16.3. The number of fused-ring (bicyclic) bond motifs is 5. The molecule has 2 fully saturated rings. The maximum absolute atomic E-state index is 13.2. The first-order valence-electron chi connectivity index (χ1n) is 8.56. The van der Waals surface area contributed by atoms with Gasteiger partial charge in [-0.25, -0.2) is 0 Å². The van der Waals surface area contributed by atoms with E-state index in [0.29, 0.717) is 17.5 Å². The van der Waals surface area contributed by atoms with Crippen molar-refractivity contribution in [2.75, 3.05) is 19.6 Å². The highest BCUT2D eigenvalue weighted by molar-refractivity contribution is 6.04. The lowest BCUT2D eigenvalue weighted by Crippen LogP contribution is -2.46. The van der Waals surface area contributed by atoms with Crippen molar-refractivity contribution in [1.29, 1.82) is 0 Å². The molecule has 4 heteroatoms. The molecule has 0 aliphatic carbocycles. The molecule has 5 rings (SSSR count). The molecule has 3 unspecified atom stereocenters. The summed E-state index contributed by atoms with van der Waals surface area (Å²) in [5.41, 5.74) is 1.61. The maximum atomic E-state index is 13.2. The Labute approximate surface area is 134 Å². The fourth-order valence-electron chi connectivity index (χ4n) is 4.53. The van der Waals surface area contributed by atoms with Crippen molar-refractivity contribution >= 4 is 21.9 Å². The highest BCUT2D eigenvalue weighted by Gasteiger charge is 2.33. The lowest BCUT2D eigenvalue weighted by molar-refractivity contribution is 0.0775. The average Bonchev–Trinajstić information content (AvgIpc) is 2.96. The number of rotatable bonds is 1. The second-order valence-corrected chi connectivity index (χ2v) is 6.92. The van der Waals surface area contributed by atoms with Gasteiger partial charge in [0, 0.05) is 30.7 Å². The normalized spacial score (nSPS) is 27.6. The molecule has 0 saturated carbocycles. The van der Waals surface area contributed by atoms with Gasteiger partial charge in [0.15, 0.2) is 0 Å². The van der Waals surface area contributed by atoms with E-state index in [1.807, 2.05) is 41.1 Å². The largest absolute Gasteiger partial charge is 0.456 e. The minimum atomic E-state index is 0.108. The number of pyridine rings is 1. The molecular weight excluding hydrogens is 288 g/mol. The molecule has 0 N–H and O–H groups in total. The monoisotopic (exact) mass is 308 g/mol. The molecule has 3 atom stereocenters. The van der Waals surface area contributed by atoms with Gasteiger partial charge >= 0.3 is 0 Å². The molecule has 3 aromatic rings. The summed E-state index contributed by atoms with van der Waals surface area (Å²) in [5, 5.41) is 1.67. The van der Waals surface area contributed by atoms with E-state index in [-0.39, 0.29) is 5.56 Å². The van der Waals surface area contributed by atoms with Crippen LogP contribution in [0, 0.1) is 5.92 Å². The van der Waals surface area contributed by atoms with Gasteiger partial charge in [0.2, 0.25) is 0 Å². The van der Waals surface area contributed by atoms with E-state index in [9.17, 15) is 4.79 Å². The van der Waals surface area contributed by atoms with Gasteiger partial charge in [0.25, 0.3) is 5.56 Å². The fraction of sp³-hybridized carbons (Fsp3) is 0.421. The maximum Gasteiger partial charge on any atom is 0.262 e. The van der Waals surface area contributed by atoms with Crippen LogP contribution in [-0.2, 0) is 0 Å². The minimum Gasteiger partial charge on any atom is -0.456 e. The van der Waals surface area contributed by atoms with Gasteiger partial charge in [-0.3, -0.25) is 4.79 Å². The third-order valence-electron chi connectivity index (χ3n) is 5.64. The van der Waals surface area contributed by atoms with Gasteiger partial charge in [-0.05, 0) is 43.9 Å². The summed E-state index contributed by atoms with van der Waals surface area (Å²) in [5.74, 6) is 0.603. The molecule has 2 saturated heterocycles. The first-order valence-corrected chi connectivity index (χ1v) is 8.56. The van der Waals surface area contributed by atoms with Crippen LogP contribution in [0.2, 0.25) is 0 Å². The first-order chi connectivity index (χ1) is 11.3. The number of hydrogen-bond acceptors (Lipinski definition) is 3. The number of furan rings is 1. The van der Waals surface area contributed by atoms with Gasteiger partial charge in [0.05, 0.1) is 5.39 Å². The Balaban J connectivity index is 1.68. The van der Waals surface area contributed by atoms with E-state index >= 15 is 0 Å². The zero-order chi connectivity index (χ0) is 15.4. The van der Waals surface area contributed by atoms with Crippen molar-refractivity contribution in [2.45, 2.75) is 25.3 Å². The van der Waals surface area contributed by atoms with E-state index < -0.39 is 0 Å². The van der Waals surface area contributed by atoms with Crippen molar-refractivity contribution < 1.29 is 4.42 Å². The molecule has 0 radical (unpaired) electrons. The van der Waals surface area contributed by atoms with Crippen LogP contribution in [0.3, 0.4) is 0 Å². The topological polar surface area (TPSA) is 38.4 Å². The predicted octanol–water partition coefficient (Wildman–Crippen LogP) is 3.40. The van der Waals surface area contributed by atoms with Crippen molar-refractivity contribution in [1.82, 2.24) is 9.47 Å². The summed E-state index contributed by atoms with van der Waals surface area (Å²) in [6, 6.07) is 10.1. The van der Waals surface area contributed by atoms with Gasteiger partial charge in [-0.2, -0.15) is 0 Å². The Morgan fingerprint density at radius 3 is 2.91 bits per heavy atom. The Morgan fingerprint density at radius 2 is 1.96 bits per heavy atom. The molecule has 4 nitrogen and oxygen atoms in total. The number of nitrogens with zero attached hydrogens (tertiary/aromatic N) is 2. The molecular formula is C19H20N2O2. The molecule has 23 heavy (non-hydrogen) atoms. The molecule has 2 aromatic heterocycles. The second kappa shape index (κ2) is 4.96. The van der Waals surface area contributed by atoms with Crippen LogP contribution in [0.4, 0.5) is 0 Å². The van der Waals surface area contributed by atoms with E-state index in [2.05, 4.69) is 4.90 Å². The number of para-hydroxylation sites is 1. The predicted molar refractivity (Wildman–Crippen MR) is 90.8 cm³/mol. The van der Waals surface area contributed by atoms with Crippen molar-refractivity contribution in [2.24, 2.45) is 5.92 Å². The second-order valence-electron chi connectivity index (χ2n) is 6.92. The van der Waals surface area contributed by atoms with Crippen LogP contribution in [0.15, 0.2) is 45.7 Å². The summed E-state index contributed by atoms with van der Waals surface area (Å²) >= 11 is 0. The van der Waals surface area contributed by atoms with Crippen molar-refractivity contribution in [3.63, 3.8) is 0 Å². The molecule has 0 amide bonds. The number of benzene rings is 1. The van der Waals surface area contributed by atoms with Gasteiger partial charge in [-0.1, -0.05) is 18.2 Å². The summed E-state index contributed by atoms with van der Waals surface area (Å²) in [6.45, 7) is 3.47. The minimum absolute atomic E-state index is 0.108. The zero-order valence-electron chi connectivity index (χ0n) is 13.1. The summed E-state index contributed by atoms with van der Waals surface area (Å²) in [7, 11) is 0. The summed E-state index contributed by atoms with van der Waals surface area (Å²) < 4.78 is 7.82. The van der Waals surface area contributed by atoms with Gasteiger partial charge in [-0.15, -0.1) is 0 Å². The van der Waals surface area contributed by atoms with E-state index in [0.717, 1.165) is 35.9 Å². The van der Waals surface area contributed by atoms with Crippen LogP contribution >= 0.6 is 0 Å². The Hall–Kier alpha value is -2.07. The Kier molecular flexibility index (Phi) is 2.89.